The summed E-state index contributed by atoms with van der Waals surface area (Å²) in [5.41, 5.74) is 10.4. The summed E-state index contributed by atoms with van der Waals surface area (Å²) in [5, 5.41) is 9.50. The molecule has 3 atom stereocenters. The Hall–Kier alpha value is -1.12. The van der Waals surface area contributed by atoms with Gasteiger partial charge in [0.2, 0.25) is 0 Å². The van der Waals surface area contributed by atoms with E-state index >= 15 is 0 Å². The zero-order valence-electron chi connectivity index (χ0n) is 16.0. The van der Waals surface area contributed by atoms with Crippen molar-refractivity contribution in [2.24, 2.45) is 17.6 Å². The van der Waals surface area contributed by atoms with Crippen LogP contribution < -0.4 is 5.73 Å². The molecule has 0 unspecified atom stereocenters. The van der Waals surface area contributed by atoms with E-state index in [0.717, 1.165) is 25.2 Å². The summed E-state index contributed by atoms with van der Waals surface area (Å²) in [6.07, 6.45) is 14.0. The number of aliphatic hydroxyl groups is 1. The summed E-state index contributed by atoms with van der Waals surface area (Å²) < 4.78 is 0. The van der Waals surface area contributed by atoms with E-state index < -0.39 is 0 Å². The number of fused-ring (bicyclic) bond motifs is 1. The molecule has 1 aromatic carbocycles. The van der Waals surface area contributed by atoms with Crippen molar-refractivity contribution in [2.45, 2.75) is 76.7 Å². The molecule has 138 valence electrons. The van der Waals surface area contributed by atoms with Gasteiger partial charge in [0, 0.05) is 5.54 Å². The Morgan fingerprint density at radius 1 is 1.28 bits per heavy atom. The number of aliphatic hydroxyl groups excluding tert-OH is 1. The second-order valence-electron chi connectivity index (χ2n) is 8.89. The zero-order chi connectivity index (χ0) is 17.9. The molecule has 3 rings (SSSR count). The number of allylic oxidation sites excluding steroid dienone is 2. The number of hydrogen-bond donors (Lipinski definition) is 2. The molecule has 1 saturated carbocycles. The molecule has 0 saturated heterocycles. The zero-order valence-corrected chi connectivity index (χ0v) is 16.0. The monoisotopic (exact) mass is 341 g/mol. The first-order valence-electron chi connectivity index (χ1n) is 10.2. The highest BCUT2D eigenvalue weighted by Gasteiger charge is 2.36. The van der Waals surface area contributed by atoms with Gasteiger partial charge < -0.3 is 10.8 Å². The Kier molecular flexibility index (Phi) is 6.01. The van der Waals surface area contributed by atoms with Crippen LogP contribution in [0.2, 0.25) is 0 Å². The molecule has 1 aromatic rings. The first-order chi connectivity index (χ1) is 12.0. The Morgan fingerprint density at radius 3 is 2.84 bits per heavy atom. The van der Waals surface area contributed by atoms with Crippen molar-refractivity contribution in [3.8, 4) is 0 Å². The first-order valence-corrected chi connectivity index (χ1v) is 10.2. The van der Waals surface area contributed by atoms with E-state index in [2.05, 4.69) is 44.2 Å². The maximum absolute atomic E-state index is 9.50. The van der Waals surface area contributed by atoms with Crippen molar-refractivity contribution in [1.82, 2.24) is 0 Å². The van der Waals surface area contributed by atoms with E-state index in [4.69, 9.17) is 5.73 Å². The molecular weight excluding hydrogens is 306 g/mol. The standard InChI is InChI=1S/C23H35NO/c1-17(2)5-3-4-6-18-7-8-20-14-21(10-9-19(20)13-18)22-11-12-23(24,15-22)16-25/h4,6,9-10,14,17-18,22,25H,3,5,7-8,11-13,15-16,24H2,1-2H3/b6-4+/t18-,22+,23-/m1/s1. The molecule has 2 nitrogen and oxygen atoms in total. The summed E-state index contributed by atoms with van der Waals surface area (Å²) in [6.45, 7) is 4.70. The molecule has 0 amide bonds. The normalized spacial score (nSPS) is 29.5. The molecule has 3 N–H and O–H groups in total. The second-order valence-corrected chi connectivity index (χ2v) is 8.89. The summed E-state index contributed by atoms with van der Waals surface area (Å²) in [4.78, 5) is 0. The largest absolute Gasteiger partial charge is 0.394 e. The van der Waals surface area contributed by atoms with E-state index in [1.165, 1.54) is 43.2 Å². The highest BCUT2D eigenvalue weighted by molar-refractivity contribution is 5.37. The third-order valence-corrected chi connectivity index (χ3v) is 6.25. The van der Waals surface area contributed by atoms with E-state index in [0.29, 0.717) is 11.8 Å². The van der Waals surface area contributed by atoms with E-state index in [9.17, 15) is 5.11 Å². The summed E-state index contributed by atoms with van der Waals surface area (Å²) >= 11 is 0. The molecule has 0 aromatic heterocycles. The molecule has 0 radical (unpaired) electrons. The number of hydrogen-bond acceptors (Lipinski definition) is 2. The maximum Gasteiger partial charge on any atom is 0.0611 e. The molecule has 0 spiro atoms. The highest BCUT2D eigenvalue weighted by Crippen LogP contribution is 2.40. The molecular formula is C23H35NO. The van der Waals surface area contributed by atoms with Crippen molar-refractivity contribution < 1.29 is 5.11 Å². The molecule has 25 heavy (non-hydrogen) atoms. The van der Waals surface area contributed by atoms with E-state index in [1.54, 1.807) is 5.56 Å². The molecule has 1 fully saturated rings. The first kappa shape index (κ1) is 18.7. The SMILES string of the molecule is CC(C)CC/C=C/[C@@H]1CCc2cc([C@H]3CC[C@](N)(CO)C3)ccc2C1. The van der Waals surface area contributed by atoms with Crippen LogP contribution in [0.4, 0.5) is 0 Å². The van der Waals surface area contributed by atoms with Gasteiger partial charge in [-0.2, -0.15) is 0 Å². The van der Waals surface area contributed by atoms with Gasteiger partial charge in [-0.3, -0.25) is 0 Å². The third kappa shape index (κ3) is 4.74. The molecule has 0 bridgehead atoms. The van der Waals surface area contributed by atoms with Crippen molar-refractivity contribution in [3.05, 3.63) is 47.0 Å². The van der Waals surface area contributed by atoms with Crippen LogP contribution in [0.25, 0.3) is 0 Å². The smallest absolute Gasteiger partial charge is 0.0611 e. The summed E-state index contributed by atoms with van der Waals surface area (Å²) in [7, 11) is 0. The van der Waals surface area contributed by atoms with Crippen LogP contribution in [0.3, 0.4) is 0 Å². The van der Waals surface area contributed by atoms with Crippen molar-refractivity contribution in [3.63, 3.8) is 0 Å². The average Bonchev–Trinajstić information content (AvgIpc) is 3.01. The number of aryl methyl sites for hydroxylation is 1. The molecule has 2 heteroatoms. The number of nitrogens with two attached hydrogens (primary N) is 1. The van der Waals surface area contributed by atoms with Crippen molar-refractivity contribution in [1.29, 1.82) is 0 Å². The molecule has 0 aliphatic heterocycles. The van der Waals surface area contributed by atoms with Gasteiger partial charge in [0.05, 0.1) is 6.61 Å². The quantitative estimate of drug-likeness (QED) is 0.734. The lowest BCUT2D eigenvalue weighted by atomic mass is 9.81. The fourth-order valence-corrected chi connectivity index (χ4v) is 4.52. The second kappa shape index (κ2) is 8.05. The van der Waals surface area contributed by atoms with Crippen LogP contribution in [-0.4, -0.2) is 17.3 Å². The van der Waals surface area contributed by atoms with E-state index in [1.807, 2.05) is 0 Å². The minimum absolute atomic E-state index is 0.110. The van der Waals surface area contributed by atoms with Crippen LogP contribution in [0, 0.1) is 11.8 Å². The van der Waals surface area contributed by atoms with Crippen LogP contribution in [0.5, 0.6) is 0 Å². The fourth-order valence-electron chi connectivity index (χ4n) is 4.52. The Bertz CT molecular complexity index is 606. The van der Waals surface area contributed by atoms with Gasteiger partial charge in [0.15, 0.2) is 0 Å². The van der Waals surface area contributed by atoms with Gasteiger partial charge in [-0.25, -0.2) is 0 Å². The van der Waals surface area contributed by atoms with Gasteiger partial charge in [-0.1, -0.05) is 44.2 Å². The lowest BCUT2D eigenvalue weighted by Crippen LogP contribution is -2.40. The van der Waals surface area contributed by atoms with Gasteiger partial charge in [-0.15, -0.1) is 0 Å². The Balaban J connectivity index is 1.60. The number of rotatable bonds is 6. The molecule has 2 aliphatic carbocycles. The third-order valence-electron chi connectivity index (χ3n) is 6.25. The summed E-state index contributed by atoms with van der Waals surface area (Å²) in [5.74, 6) is 2.03. The van der Waals surface area contributed by atoms with Crippen molar-refractivity contribution in [2.75, 3.05) is 6.61 Å². The lowest BCUT2D eigenvalue weighted by Gasteiger charge is -2.25. The van der Waals surface area contributed by atoms with Crippen molar-refractivity contribution >= 4 is 0 Å². The maximum atomic E-state index is 9.50. The van der Waals surface area contributed by atoms with Crippen LogP contribution in [0.1, 0.15) is 75.0 Å². The average molecular weight is 342 g/mol. The molecule has 2 aliphatic rings. The van der Waals surface area contributed by atoms with E-state index in [-0.39, 0.29) is 12.1 Å². The van der Waals surface area contributed by atoms with Gasteiger partial charge >= 0.3 is 0 Å². The predicted octanol–water partition coefficient (Wildman–Crippen LogP) is 4.74. The lowest BCUT2D eigenvalue weighted by molar-refractivity contribution is 0.198. The minimum Gasteiger partial charge on any atom is -0.394 e. The van der Waals surface area contributed by atoms with Crippen LogP contribution in [0.15, 0.2) is 30.4 Å². The highest BCUT2D eigenvalue weighted by atomic mass is 16.3. The topological polar surface area (TPSA) is 46.2 Å². The fraction of sp³-hybridized carbons (Fsp3) is 0.652. The predicted molar refractivity (Wildman–Crippen MR) is 106 cm³/mol. The van der Waals surface area contributed by atoms with Crippen LogP contribution >= 0.6 is 0 Å². The Labute approximate surface area is 153 Å². The van der Waals surface area contributed by atoms with Gasteiger partial charge in [0.25, 0.3) is 0 Å². The molecule has 0 heterocycles. The van der Waals surface area contributed by atoms with Gasteiger partial charge in [-0.05, 0) is 85.8 Å². The van der Waals surface area contributed by atoms with Gasteiger partial charge in [0.1, 0.15) is 0 Å². The van der Waals surface area contributed by atoms with Crippen LogP contribution in [-0.2, 0) is 12.8 Å². The minimum atomic E-state index is -0.355. The summed E-state index contributed by atoms with van der Waals surface area (Å²) in [6, 6.07) is 7.10. The Morgan fingerprint density at radius 2 is 2.12 bits per heavy atom. The number of benzene rings is 1.